The van der Waals surface area contributed by atoms with Crippen molar-refractivity contribution < 1.29 is 219 Å². The molecule has 0 amide bonds. The van der Waals surface area contributed by atoms with Crippen molar-refractivity contribution in [3.05, 3.63) is 0 Å². The van der Waals surface area contributed by atoms with Crippen LogP contribution in [0.15, 0.2) is 0 Å². The van der Waals surface area contributed by atoms with Crippen LogP contribution < -0.4 is 162 Å². The number of hydrogen-bond donors (Lipinski definition) is 5. The molecule has 0 saturated heterocycles. The van der Waals surface area contributed by atoms with Crippen LogP contribution in [-0.2, 0) is 29.3 Å². The van der Waals surface area contributed by atoms with Gasteiger partial charge in [0.1, 0.15) is 0 Å². The molecule has 0 aliphatic heterocycles. The molecule has 20 heavy (non-hydrogen) atoms. The standard InChI is InChI=1S/ClH.2K.Mg.2Na.H3O7PS.H2O4S.6H/c;;;;;;1-8(2,3)7-9(4,5)6;1-5(2,3)4;;;;;;/h1H;;;;;;(H2,1,2,3)(H,4,5,6);(H2,1,2,3,4);;;;;;/q;2*+1;+2;2*+1;;;6*-1. The second-order valence-corrected chi connectivity index (χ2v) is 4.77. The maximum absolute atomic E-state index is 9.58. The van der Waals surface area contributed by atoms with E-state index in [4.69, 9.17) is 31.9 Å². The van der Waals surface area contributed by atoms with Crippen LogP contribution in [0, 0.1) is 0 Å². The van der Waals surface area contributed by atoms with E-state index in [9.17, 15) is 13.0 Å². The maximum atomic E-state index is 9.58. The second-order valence-electron chi connectivity index (χ2n) is 1.44. The van der Waals surface area contributed by atoms with Gasteiger partial charge >= 0.3 is 214 Å². The largest absolute Gasteiger partial charge is 2.00 e. The van der Waals surface area contributed by atoms with Gasteiger partial charge in [-0.3, -0.25) is 13.7 Å². The summed E-state index contributed by atoms with van der Waals surface area (Å²) in [6.45, 7) is 0. The second kappa shape index (κ2) is 23.3. The average molecular weight is 467 g/mol. The third kappa shape index (κ3) is 87.5. The van der Waals surface area contributed by atoms with Crippen LogP contribution in [0.2, 0.25) is 0 Å². The molecule has 0 atom stereocenters. The summed E-state index contributed by atoms with van der Waals surface area (Å²) < 4.78 is 70.6. The van der Waals surface area contributed by atoms with Gasteiger partial charge in [-0.1, -0.05) is 0 Å². The number of hydrogen-bond acceptors (Lipinski definition) is 6. The van der Waals surface area contributed by atoms with Crippen molar-refractivity contribution in [1.29, 1.82) is 0 Å². The molecule has 0 aliphatic rings. The summed E-state index contributed by atoms with van der Waals surface area (Å²) in [6, 6.07) is 0. The van der Waals surface area contributed by atoms with E-state index in [0.717, 1.165) is 0 Å². The molecule has 5 N–H and O–H groups in total. The molecule has 0 heterocycles. The minimum absolute atomic E-state index is 0. The van der Waals surface area contributed by atoms with E-state index in [-0.39, 0.29) is 206 Å². The first-order valence-corrected chi connectivity index (χ1v) is 6.44. The van der Waals surface area contributed by atoms with Gasteiger partial charge in [-0.2, -0.15) is 16.8 Å². The van der Waals surface area contributed by atoms with Crippen molar-refractivity contribution in [2.75, 3.05) is 0 Å². The van der Waals surface area contributed by atoms with Crippen LogP contribution in [-0.4, -0.2) is 63.3 Å². The zero-order chi connectivity index (χ0) is 12.2. The Hall–Kier alpha value is 6.22. The molecule has 0 fully saturated rings. The summed E-state index contributed by atoms with van der Waals surface area (Å²) >= 11 is 0. The fourth-order valence-corrected chi connectivity index (χ4v) is 1.10. The van der Waals surface area contributed by atoms with Gasteiger partial charge in [-0.05, 0) is 0 Å². The van der Waals surface area contributed by atoms with Crippen molar-refractivity contribution in [3.63, 3.8) is 0 Å². The summed E-state index contributed by atoms with van der Waals surface area (Å²) in [5.41, 5.74) is 0. The molecule has 0 bridgehead atoms. The average Bonchev–Trinajstić information content (AvgIpc) is 1.42. The van der Waals surface area contributed by atoms with Gasteiger partial charge in [0.2, 0.25) is 0 Å². The smallest absolute Gasteiger partial charge is 1.00 e. The summed E-state index contributed by atoms with van der Waals surface area (Å²) in [5, 5.41) is 0. The zero-order valence-corrected chi connectivity index (χ0v) is 26.1. The summed E-state index contributed by atoms with van der Waals surface area (Å²) in [6.07, 6.45) is 0. The number of halogens is 1. The Labute approximate surface area is 276 Å². The van der Waals surface area contributed by atoms with E-state index < -0.39 is 28.6 Å². The van der Waals surface area contributed by atoms with Gasteiger partial charge in [-0.25, -0.2) is 4.57 Å². The summed E-state index contributed by atoms with van der Waals surface area (Å²) in [5.74, 6) is 0. The van der Waals surface area contributed by atoms with E-state index in [1.807, 2.05) is 0 Å². The van der Waals surface area contributed by atoms with Crippen molar-refractivity contribution >= 4 is 64.1 Å². The first-order valence-electron chi connectivity index (χ1n) is 2.15. The van der Waals surface area contributed by atoms with Crippen LogP contribution in [0.4, 0.5) is 0 Å². The Morgan fingerprint density at radius 3 is 1.05 bits per heavy atom. The number of rotatable bonds is 2. The molecule has 0 aromatic heterocycles. The van der Waals surface area contributed by atoms with Crippen molar-refractivity contribution in [2.24, 2.45) is 0 Å². The third-order valence-electron chi connectivity index (χ3n) is 0.191. The molecule has 0 saturated carbocycles. The van der Waals surface area contributed by atoms with Crippen molar-refractivity contribution in [3.8, 4) is 0 Å². The fraction of sp³-hybridized carbons (Fsp3) is 0. The van der Waals surface area contributed by atoms with Gasteiger partial charge in [-0.15, -0.1) is 16.4 Å². The van der Waals surface area contributed by atoms with E-state index in [1.54, 1.807) is 0 Å². The first-order chi connectivity index (χ1) is 5.71. The Morgan fingerprint density at radius 2 is 1.05 bits per heavy atom. The molecule has 0 radical (unpaired) electrons. The van der Waals surface area contributed by atoms with Crippen LogP contribution >= 0.6 is 20.2 Å². The van der Waals surface area contributed by atoms with Crippen LogP contribution in [0.3, 0.4) is 0 Å². The van der Waals surface area contributed by atoms with Gasteiger partial charge < -0.3 is 18.3 Å². The molecule has 0 unspecified atom stereocenters. The SMILES string of the molecule is Cl.O=P(O)(O)OS(=O)(=O)O.O=S(=O)(O)O.[H-].[H-].[H-].[H-].[H-].[H-].[K+].[K+].[Mg+2].[Na+].[Na+]. The third-order valence-corrected chi connectivity index (χ3v) is 1.72. The van der Waals surface area contributed by atoms with E-state index in [1.165, 1.54) is 0 Å². The molecule has 0 spiro atoms. The quantitative estimate of drug-likeness (QED) is 0.147. The van der Waals surface area contributed by atoms with E-state index >= 15 is 0 Å². The molecule has 11 nitrogen and oxygen atoms in total. The monoisotopic (exact) mass is 466 g/mol. The van der Waals surface area contributed by atoms with Crippen molar-refractivity contribution in [1.82, 2.24) is 0 Å². The maximum Gasteiger partial charge on any atom is 2.00 e. The molecule has 0 rings (SSSR count). The predicted octanol–water partition coefficient (Wildman–Crippen LogP) is -13.0. The van der Waals surface area contributed by atoms with Crippen LogP contribution in [0.25, 0.3) is 0 Å². The van der Waals surface area contributed by atoms with E-state index in [0.29, 0.717) is 0 Å². The topological polar surface area (TPSA) is 196 Å². The molecule has 0 aliphatic carbocycles. The Bertz CT molecular complexity index is 430. The molecular formula is H12ClK2MgNa2O11PS2. The first kappa shape index (κ1) is 50.2. The fourth-order valence-electron chi connectivity index (χ4n) is 0.123. The van der Waals surface area contributed by atoms with Crippen molar-refractivity contribution in [2.45, 2.75) is 0 Å². The van der Waals surface area contributed by atoms with Crippen LogP contribution in [0.5, 0.6) is 0 Å². The molecule has 0 aromatic carbocycles. The molecule has 20 heteroatoms. The zero-order valence-electron chi connectivity index (χ0n) is 17.1. The normalized spacial score (nSPS) is 9.05. The summed E-state index contributed by atoms with van der Waals surface area (Å²) in [4.78, 5) is 15.4. The molecule has 0 aromatic rings. The van der Waals surface area contributed by atoms with E-state index in [2.05, 4.69) is 3.97 Å². The predicted molar refractivity (Wildman–Crippen MR) is 58.5 cm³/mol. The summed E-state index contributed by atoms with van der Waals surface area (Å²) in [7, 11) is -14.8. The van der Waals surface area contributed by atoms with Crippen LogP contribution in [0.1, 0.15) is 8.56 Å². The minimum atomic E-state index is -5.13. The Kier molecular flexibility index (Phi) is 58.4. The van der Waals surface area contributed by atoms with Gasteiger partial charge in [0.25, 0.3) is 0 Å². The Morgan fingerprint density at radius 1 is 0.900 bits per heavy atom. The Balaban J connectivity index is -0.00000000661. The van der Waals surface area contributed by atoms with Gasteiger partial charge in [0.05, 0.1) is 0 Å². The minimum Gasteiger partial charge on any atom is -1.00 e. The number of phosphoric acid groups is 1. The van der Waals surface area contributed by atoms with Gasteiger partial charge in [0, 0.05) is 0 Å². The van der Waals surface area contributed by atoms with Gasteiger partial charge in [0.15, 0.2) is 0 Å². The molecule has 108 valence electrons. The molecular weight excluding hydrogens is 455 g/mol.